The highest BCUT2D eigenvalue weighted by molar-refractivity contribution is 5.68. The fraction of sp³-hybridized carbons (Fsp3) is 0.500. The number of anilines is 1. The molecular formula is C14H20N2O2. The summed E-state index contributed by atoms with van der Waals surface area (Å²) in [7, 11) is 0. The van der Waals surface area contributed by atoms with Crippen LogP contribution < -0.4 is 10.2 Å². The van der Waals surface area contributed by atoms with E-state index >= 15 is 0 Å². The van der Waals surface area contributed by atoms with Crippen molar-refractivity contribution in [3.63, 3.8) is 0 Å². The van der Waals surface area contributed by atoms with Crippen molar-refractivity contribution in [3.8, 4) is 0 Å². The van der Waals surface area contributed by atoms with Crippen LogP contribution in [0.5, 0.6) is 0 Å². The van der Waals surface area contributed by atoms with Crippen LogP contribution in [0.15, 0.2) is 18.2 Å². The van der Waals surface area contributed by atoms with Gasteiger partial charge in [-0.15, -0.1) is 0 Å². The van der Waals surface area contributed by atoms with Crippen molar-refractivity contribution in [3.05, 3.63) is 29.3 Å². The van der Waals surface area contributed by atoms with Crippen LogP contribution in [0.2, 0.25) is 0 Å². The Kier molecular flexibility index (Phi) is 3.87. The van der Waals surface area contributed by atoms with Crippen molar-refractivity contribution in [1.29, 1.82) is 0 Å². The first kappa shape index (κ1) is 12.9. The van der Waals surface area contributed by atoms with Gasteiger partial charge < -0.3 is 15.3 Å². The zero-order chi connectivity index (χ0) is 13.1. The molecule has 0 aromatic heterocycles. The van der Waals surface area contributed by atoms with E-state index in [-0.39, 0.29) is 12.5 Å². The number of benzene rings is 1. The number of piperazine rings is 1. The third-order valence-corrected chi connectivity index (χ3v) is 3.38. The van der Waals surface area contributed by atoms with Crippen molar-refractivity contribution < 1.29 is 9.90 Å². The van der Waals surface area contributed by atoms with E-state index in [4.69, 9.17) is 5.11 Å². The number of aliphatic carboxylic acids is 1. The van der Waals surface area contributed by atoms with E-state index < -0.39 is 5.97 Å². The molecule has 2 rings (SSSR count). The summed E-state index contributed by atoms with van der Waals surface area (Å²) in [6.45, 7) is 6.71. The normalized spacial score (nSPS) is 19.9. The molecule has 0 radical (unpaired) electrons. The maximum atomic E-state index is 10.8. The lowest BCUT2D eigenvalue weighted by Gasteiger charge is -2.35. The van der Waals surface area contributed by atoms with Crippen LogP contribution in [0.25, 0.3) is 0 Å². The Morgan fingerprint density at radius 1 is 1.50 bits per heavy atom. The van der Waals surface area contributed by atoms with Gasteiger partial charge in [0, 0.05) is 31.4 Å². The van der Waals surface area contributed by atoms with Gasteiger partial charge in [-0.3, -0.25) is 4.79 Å². The first-order valence-electron chi connectivity index (χ1n) is 6.33. The molecule has 1 aliphatic rings. The van der Waals surface area contributed by atoms with Crippen molar-refractivity contribution in [2.24, 2.45) is 0 Å². The number of hydrogen-bond donors (Lipinski definition) is 2. The number of carboxylic acids is 1. The third-order valence-electron chi connectivity index (χ3n) is 3.38. The van der Waals surface area contributed by atoms with E-state index in [9.17, 15) is 4.79 Å². The van der Waals surface area contributed by atoms with E-state index in [1.807, 2.05) is 0 Å². The highest BCUT2D eigenvalue weighted by Gasteiger charge is 2.22. The molecule has 98 valence electrons. The Hall–Kier alpha value is -1.55. The molecule has 1 aromatic carbocycles. The van der Waals surface area contributed by atoms with E-state index in [0.717, 1.165) is 19.6 Å². The van der Waals surface area contributed by atoms with Gasteiger partial charge in [0.05, 0.1) is 6.42 Å². The summed E-state index contributed by atoms with van der Waals surface area (Å²) in [5, 5.41) is 12.1. The van der Waals surface area contributed by atoms with Crippen LogP contribution in [0, 0.1) is 13.8 Å². The highest BCUT2D eigenvalue weighted by atomic mass is 16.4. The Morgan fingerprint density at radius 2 is 2.28 bits per heavy atom. The minimum Gasteiger partial charge on any atom is -0.481 e. The van der Waals surface area contributed by atoms with Crippen molar-refractivity contribution in [2.75, 3.05) is 24.5 Å². The summed E-state index contributed by atoms with van der Waals surface area (Å²) in [6, 6.07) is 6.45. The summed E-state index contributed by atoms with van der Waals surface area (Å²) < 4.78 is 0. The van der Waals surface area contributed by atoms with Crippen molar-refractivity contribution >= 4 is 11.7 Å². The van der Waals surface area contributed by atoms with Crippen LogP contribution in [-0.2, 0) is 4.79 Å². The third kappa shape index (κ3) is 3.01. The van der Waals surface area contributed by atoms with Gasteiger partial charge >= 0.3 is 5.97 Å². The van der Waals surface area contributed by atoms with Crippen LogP contribution in [0.3, 0.4) is 0 Å². The molecule has 0 spiro atoms. The molecule has 0 aliphatic carbocycles. The second kappa shape index (κ2) is 5.40. The molecule has 1 aliphatic heterocycles. The number of hydrogen-bond acceptors (Lipinski definition) is 3. The molecule has 1 unspecified atom stereocenters. The summed E-state index contributed by atoms with van der Waals surface area (Å²) in [5.41, 5.74) is 3.72. The molecule has 4 nitrogen and oxygen atoms in total. The summed E-state index contributed by atoms with van der Waals surface area (Å²) in [4.78, 5) is 13.1. The van der Waals surface area contributed by atoms with Gasteiger partial charge in [0.25, 0.3) is 0 Å². The predicted octanol–water partition coefficient (Wildman–Crippen LogP) is 1.56. The molecule has 4 heteroatoms. The van der Waals surface area contributed by atoms with Gasteiger partial charge in [-0.05, 0) is 31.0 Å². The summed E-state index contributed by atoms with van der Waals surface area (Å²) >= 11 is 0. The van der Waals surface area contributed by atoms with E-state index in [1.54, 1.807) is 0 Å². The lowest BCUT2D eigenvalue weighted by Crippen LogP contribution is -2.51. The van der Waals surface area contributed by atoms with Crippen LogP contribution in [0.1, 0.15) is 17.5 Å². The zero-order valence-corrected chi connectivity index (χ0v) is 10.9. The van der Waals surface area contributed by atoms with Crippen molar-refractivity contribution in [2.45, 2.75) is 26.3 Å². The van der Waals surface area contributed by atoms with Gasteiger partial charge in [-0.25, -0.2) is 0 Å². The Balaban J connectivity index is 2.12. The van der Waals surface area contributed by atoms with Gasteiger partial charge in [0.1, 0.15) is 0 Å². The lowest BCUT2D eigenvalue weighted by molar-refractivity contribution is -0.137. The van der Waals surface area contributed by atoms with Crippen molar-refractivity contribution in [1.82, 2.24) is 5.32 Å². The molecule has 0 bridgehead atoms. The van der Waals surface area contributed by atoms with E-state index in [1.165, 1.54) is 16.8 Å². The molecule has 0 amide bonds. The fourth-order valence-corrected chi connectivity index (χ4v) is 2.45. The number of carboxylic acid groups (broad SMARTS) is 1. The average Bonchev–Trinajstić information content (AvgIpc) is 2.32. The quantitative estimate of drug-likeness (QED) is 0.852. The van der Waals surface area contributed by atoms with Gasteiger partial charge in [0.15, 0.2) is 0 Å². The van der Waals surface area contributed by atoms with Gasteiger partial charge in [0.2, 0.25) is 0 Å². The first-order chi connectivity index (χ1) is 8.56. The maximum Gasteiger partial charge on any atom is 0.304 e. The molecule has 0 saturated carbocycles. The summed E-state index contributed by atoms with van der Waals surface area (Å²) in [5.74, 6) is -0.740. The molecule has 18 heavy (non-hydrogen) atoms. The molecular weight excluding hydrogens is 228 g/mol. The first-order valence-corrected chi connectivity index (χ1v) is 6.33. The van der Waals surface area contributed by atoms with E-state index in [2.05, 4.69) is 42.3 Å². The minimum atomic E-state index is -0.740. The van der Waals surface area contributed by atoms with Crippen LogP contribution in [-0.4, -0.2) is 36.8 Å². The van der Waals surface area contributed by atoms with Gasteiger partial charge in [-0.1, -0.05) is 12.1 Å². The number of rotatable bonds is 3. The number of aryl methyl sites for hydroxylation is 2. The van der Waals surface area contributed by atoms with Crippen LogP contribution >= 0.6 is 0 Å². The molecule has 1 atom stereocenters. The molecule has 1 aromatic rings. The molecule has 1 fully saturated rings. The van der Waals surface area contributed by atoms with Gasteiger partial charge in [-0.2, -0.15) is 0 Å². The fourth-order valence-electron chi connectivity index (χ4n) is 2.45. The molecule has 1 heterocycles. The number of nitrogens with one attached hydrogen (secondary N) is 1. The second-order valence-electron chi connectivity index (χ2n) is 4.98. The van der Waals surface area contributed by atoms with Crippen LogP contribution in [0.4, 0.5) is 5.69 Å². The lowest BCUT2D eigenvalue weighted by atomic mass is 10.1. The average molecular weight is 248 g/mol. The minimum absolute atomic E-state index is 0.0381. The van der Waals surface area contributed by atoms with E-state index in [0.29, 0.717) is 0 Å². The Bertz CT molecular complexity index is 445. The predicted molar refractivity (Wildman–Crippen MR) is 72.2 cm³/mol. The topological polar surface area (TPSA) is 52.6 Å². The summed E-state index contributed by atoms with van der Waals surface area (Å²) in [6.07, 6.45) is 0.182. The number of carbonyl (C=O) groups is 1. The maximum absolute atomic E-state index is 10.8. The molecule has 1 saturated heterocycles. The SMILES string of the molecule is Cc1ccc(C)c(N2CCNC(CC(=O)O)C2)c1. The monoisotopic (exact) mass is 248 g/mol. The molecule has 2 N–H and O–H groups in total. The second-order valence-corrected chi connectivity index (χ2v) is 4.98. The standard InChI is InChI=1S/C14H20N2O2/c1-10-3-4-11(2)13(7-10)16-6-5-15-12(9-16)8-14(17)18/h3-4,7,12,15H,5-6,8-9H2,1-2H3,(H,17,18). The largest absolute Gasteiger partial charge is 0.481 e. The highest BCUT2D eigenvalue weighted by Crippen LogP contribution is 2.23. The smallest absolute Gasteiger partial charge is 0.304 e. The number of nitrogens with zero attached hydrogens (tertiary/aromatic N) is 1. The zero-order valence-electron chi connectivity index (χ0n) is 10.9. The Morgan fingerprint density at radius 3 is 3.00 bits per heavy atom. The Labute approximate surface area is 108 Å².